The van der Waals surface area contributed by atoms with Crippen molar-refractivity contribution in [1.82, 2.24) is 9.47 Å². The summed E-state index contributed by atoms with van der Waals surface area (Å²) in [6.07, 6.45) is -1.26. The van der Waals surface area contributed by atoms with Crippen LogP contribution in [0.1, 0.15) is 12.6 Å². The first-order chi connectivity index (χ1) is 11.4. The van der Waals surface area contributed by atoms with Crippen LogP contribution in [0.2, 0.25) is 0 Å². The molecule has 7 heteroatoms. The van der Waals surface area contributed by atoms with E-state index >= 15 is 0 Å². The Balaban J connectivity index is 1.85. The molecule has 24 heavy (non-hydrogen) atoms. The number of carboxylic acid groups (broad SMARTS) is 1. The van der Waals surface area contributed by atoms with Gasteiger partial charge in [0.2, 0.25) is 5.91 Å². The molecule has 1 aliphatic heterocycles. The number of hydrogen-bond donors (Lipinski definition) is 1. The van der Waals surface area contributed by atoms with Gasteiger partial charge in [-0.05, 0) is 35.8 Å². The molecule has 0 bridgehead atoms. The van der Waals surface area contributed by atoms with Gasteiger partial charge in [0.1, 0.15) is 6.54 Å². The molecule has 1 aromatic carbocycles. The first kappa shape index (κ1) is 17.0. The predicted molar refractivity (Wildman–Crippen MR) is 92.9 cm³/mol. The number of carbonyl (C=O) groups is 2. The van der Waals surface area contributed by atoms with Gasteiger partial charge in [0.15, 0.2) is 6.10 Å². The van der Waals surface area contributed by atoms with Crippen molar-refractivity contribution in [2.45, 2.75) is 32.6 Å². The molecule has 1 fully saturated rings. The maximum atomic E-state index is 12.7. The van der Waals surface area contributed by atoms with E-state index in [1.54, 1.807) is 11.8 Å². The molecule has 1 amide bonds. The second-order valence-corrected chi connectivity index (χ2v) is 6.87. The van der Waals surface area contributed by atoms with E-state index in [0.29, 0.717) is 6.54 Å². The third-order valence-electron chi connectivity index (χ3n) is 4.34. The second-order valence-electron chi connectivity index (χ2n) is 6.07. The Morgan fingerprint density at radius 1 is 1.33 bits per heavy atom. The summed E-state index contributed by atoms with van der Waals surface area (Å²) in [6.45, 7) is 4.40. The average Bonchev–Trinajstić information content (AvgIpc) is 2.79. The second kappa shape index (κ2) is 6.57. The van der Waals surface area contributed by atoms with E-state index in [1.807, 2.05) is 35.8 Å². The maximum absolute atomic E-state index is 12.7. The Labute approximate surface area is 148 Å². The Bertz CT molecular complexity index is 801. The minimum atomic E-state index is -1.04. The Morgan fingerprint density at radius 3 is 2.75 bits per heavy atom. The van der Waals surface area contributed by atoms with Gasteiger partial charge in [-0.3, -0.25) is 4.79 Å². The van der Waals surface area contributed by atoms with Gasteiger partial charge in [0.25, 0.3) is 0 Å². The van der Waals surface area contributed by atoms with Crippen LogP contribution in [0.15, 0.2) is 28.7 Å². The van der Waals surface area contributed by atoms with Crippen molar-refractivity contribution >= 4 is 38.7 Å². The fraction of sp³-hybridized carbons (Fsp3) is 0.412. The van der Waals surface area contributed by atoms with Crippen molar-refractivity contribution in [3.05, 3.63) is 34.4 Å². The molecule has 0 radical (unpaired) electrons. The van der Waals surface area contributed by atoms with E-state index in [9.17, 15) is 9.59 Å². The molecular formula is C17H19BrN2O4. The molecular weight excluding hydrogens is 376 g/mol. The number of aromatic nitrogens is 1. The number of aliphatic carboxylic acids is 1. The molecule has 2 atom stereocenters. The van der Waals surface area contributed by atoms with E-state index < -0.39 is 12.1 Å². The number of hydrogen-bond acceptors (Lipinski definition) is 3. The van der Waals surface area contributed by atoms with E-state index in [0.717, 1.165) is 21.1 Å². The number of morpholine rings is 1. The topological polar surface area (TPSA) is 71.8 Å². The molecule has 0 aliphatic carbocycles. The first-order valence-electron chi connectivity index (χ1n) is 7.78. The van der Waals surface area contributed by atoms with E-state index in [4.69, 9.17) is 9.84 Å². The lowest BCUT2D eigenvalue weighted by molar-refractivity contribution is -0.166. The maximum Gasteiger partial charge on any atom is 0.334 e. The highest BCUT2D eigenvalue weighted by Gasteiger charge is 2.32. The molecule has 1 aliphatic rings. The fourth-order valence-electron chi connectivity index (χ4n) is 3.12. The van der Waals surface area contributed by atoms with Gasteiger partial charge in [-0.15, -0.1) is 0 Å². The van der Waals surface area contributed by atoms with Gasteiger partial charge in [0, 0.05) is 27.6 Å². The quantitative estimate of drug-likeness (QED) is 0.867. The summed E-state index contributed by atoms with van der Waals surface area (Å²) in [6, 6.07) is 7.87. The van der Waals surface area contributed by atoms with Crippen molar-refractivity contribution in [1.29, 1.82) is 0 Å². The highest BCUT2D eigenvalue weighted by atomic mass is 79.9. The molecule has 2 heterocycles. The van der Waals surface area contributed by atoms with E-state index in [1.165, 1.54) is 0 Å². The number of ether oxygens (including phenoxy) is 1. The van der Waals surface area contributed by atoms with Gasteiger partial charge >= 0.3 is 5.97 Å². The number of carbonyl (C=O) groups excluding carboxylic acids is 1. The lowest BCUT2D eigenvalue weighted by Crippen LogP contribution is -2.52. The zero-order chi connectivity index (χ0) is 17.4. The minimum absolute atomic E-state index is 0.0813. The zero-order valence-electron chi connectivity index (χ0n) is 13.5. The Morgan fingerprint density at radius 2 is 2.04 bits per heavy atom. The first-order valence-corrected chi connectivity index (χ1v) is 8.57. The highest BCUT2D eigenvalue weighted by molar-refractivity contribution is 9.10. The van der Waals surface area contributed by atoms with Gasteiger partial charge in [-0.1, -0.05) is 18.2 Å². The number of rotatable bonds is 3. The monoisotopic (exact) mass is 394 g/mol. The lowest BCUT2D eigenvalue weighted by atomic mass is 10.2. The number of carboxylic acids is 1. The van der Waals surface area contributed by atoms with Crippen LogP contribution in [-0.2, 0) is 20.9 Å². The van der Waals surface area contributed by atoms with E-state index in [-0.39, 0.29) is 25.1 Å². The van der Waals surface area contributed by atoms with Gasteiger partial charge in [-0.25, -0.2) is 4.79 Å². The number of amides is 1. The largest absolute Gasteiger partial charge is 0.479 e. The predicted octanol–water partition coefficient (Wildman–Crippen LogP) is 2.41. The summed E-state index contributed by atoms with van der Waals surface area (Å²) >= 11 is 3.58. The molecule has 0 spiro atoms. The van der Waals surface area contributed by atoms with E-state index in [2.05, 4.69) is 15.9 Å². The van der Waals surface area contributed by atoms with Crippen LogP contribution in [0.3, 0.4) is 0 Å². The average molecular weight is 395 g/mol. The minimum Gasteiger partial charge on any atom is -0.479 e. The van der Waals surface area contributed by atoms with Crippen molar-refractivity contribution in [3.63, 3.8) is 0 Å². The summed E-state index contributed by atoms with van der Waals surface area (Å²) in [7, 11) is 0. The summed E-state index contributed by atoms with van der Waals surface area (Å²) in [5.74, 6) is -1.14. The van der Waals surface area contributed by atoms with Crippen LogP contribution in [0.5, 0.6) is 0 Å². The summed E-state index contributed by atoms with van der Waals surface area (Å²) < 4.78 is 8.30. The summed E-state index contributed by atoms with van der Waals surface area (Å²) in [5, 5.41) is 10.2. The van der Waals surface area contributed by atoms with Crippen molar-refractivity contribution in [3.8, 4) is 0 Å². The summed E-state index contributed by atoms with van der Waals surface area (Å²) in [5.41, 5.74) is 1.95. The molecule has 1 N–H and O–H groups in total. The van der Waals surface area contributed by atoms with Crippen LogP contribution in [-0.4, -0.2) is 51.7 Å². The van der Waals surface area contributed by atoms with Gasteiger partial charge in [0.05, 0.1) is 12.6 Å². The van der Waals surface area contributed by atoms with Crippen LogP contribution in [0.25, 0.3) is 10.9 Å². The smallest absolute Gasteiger partial charge is 0.334 e. The third kappa shape index (κ3) is 3.06. The summed E-state index contributed by atoms with van der Waals surface area (Å²) in [4.78, 5) is 25.5. The fourth-order valence-corrected chi connectivity index (χ4v) is 3.67. The van der Waals surface area contributed by atoms with Crippen molar-refractivity contribution < 1.29 is 19.4 Å². The van der Waals surface area contributed by atoms with Crippen LogP contribution in [0, 0.1) is 6.92 Å². The molecule has 2 aromatic rings. The number of benzene rings is 1. The molecule has 6 nitrogen and oxygen atoms in total. The Kier molecular flexibility index (Phi) is 4.64. The molecule has 1 unspecified atom stereocenters. The number of halogens is 1. The number of nitrogens with zero attached hydrogens (tertiary/aromatic N) is 2. The highest BCUT2D eigenvalue weighted by Crippen LogP contribution is 2.30. The molecule has 3 rings (SSSR count). The zero-order valence-corrected chi connectivity index (χ0v) is 15.1. The third-order valence-corrected chi connectivity index (χ3v) is 5.34. The molecule has 1 saturated heterocycles. The molecule has 128 valence electrons. The van der Waals surface area contributed by atoms with Crippen molar-refractivity contribution in [2.24, 2.45) is 0 Å². The van der Waals surface area contributed by atoms with Crippen LogP contribution in [0.4, 0.5) is 0 Å². The number of fused-ring (bicyclic) bond motifs is 1. The molecule has 1 aromatic heterocycles. The normalized spacial score (nSPS) is 21.2. The number of para-hydroxylation sites is 1. The Hall–Kier alpha value is -1.86. The standard InChI is InChI=1S/C17H19BrN2O4/c1-10-7-19(8-14(24-10)17(22)23)15(21)9-20-11(2)16(18)12-5-3-4-6-13(12)20/h3-6,10,14H,7-9H2,1-2H3,(H,22,23)/t10-,14?/m1/s1. The van der Waals surface area contributed by atoms with Crippen LogP contribution < -0.4 is 0 Å². The SMILES string of the molecule is Cc1c(Br)c2ccccc2n1CC(=O)N1CC(C(=O)O)O[C@H](C)C1. The van der Waals surface area contributed by atoms with Crippen molar-refractivity contribution in [2.75, 3.05) is 13.1 Å². The lowest BCUT2D eigenvalue weighted by Gasteiger charge is -2.35. The van der Waals surface area contributed by atoms with Crippen LogP contribution >= 0.6 is 15.9 Å². The van der Waals surface area contributed by atoms with Gasteiger partial charge < -0.3 is 19.3 Å². The van der Waals surface area contributed by atoms with Gasteiger partial charge in [-0.2, -0.15) is 0 Å². The molecule has 0 saturated carbocycles.